The molecule has 2 aliphatic rings. The number of carbonyl (C=O) groups is 2. The van der Waals surface area contributed by atoms with Gasteiger partial charge in [0.05, 0.1) is 30.7 Å². The van der Waals surface area contributed by atoms with Crippen molar-refractivity contribution < 1.29 is 24.2 Å². The van der Waals surface area contributed by atoms with Gasteiger partial charge in [-0.1, -0.05) is 0 Å². The van der Waals surface area contributed by atoms with Crippen molar-refractivity contribution in [1.29, 1.82) is 0 Å². The van der Waals surface area contributed by atoms with Crippen LogP contribution in [0.5, 0.6) is 5.88 Å². The number of aromatic nitrogens is 3. The van der Waals surface area contributed by atoms with Gasteiger partial charge in [-0.2, -0.15) is 0 Å². The number of hydrogen-bond acceptors (Lipinski definition) is 10. The van der Waals surface area contributed by atoms with Crippen LogP contribution in [0.25, 0.3) is 0 Å². The van der Waals surface area contributed by atoms with Gasteiger partial charge in [-0.05, 0) is 70.4 Å². The summed E-state index contributed by atoms with van der Waals surface area (Å²) < 4.78 is 11.4. The van der Waals surface area contributed by atoms with Gasteiger partial charge in [0.25, 0.3) is 0 Å². The highest BCUT2D eigenvalue weighted by Gasteiger charge is 2.32. The predicted octanol–water partition coefficient (Wildman–Crippen LogP) is 4.35. The average molecular weight is 549 g/mol. The first-order valence-corrected chi connectivity index (χ1v) is 13.1. The van der Waals surface area contributed by atoms with Crippen LogP contribution in [0.1, 0.15) is 53.5 Å². The molecule has 40 heavy (non-hydrogen) atoms. The first kappa shape index (κ1) is 28.8. The topological polar surface area (TPSA) is 130 Å². The summed E-state index contributed by atoms with van der Waals surface area (Å²) in [6.07, 6.45) is 4.89. The molecule has 4 heterocycles. The van der Waals surface area contributed by atoms with E-state index in [4.69, 9.17) is 19.6 Å². The number of benzene rings is 1. The van der Waals surface area contributed by atoms with E-state index in [1.165, 1.54) is 0 Å². The molecule has 0 bridgehead atoms. The third-order valence-electron chi connectivity index (χ3n) is 6.62. The molecule has 2 aromatic heterocycles. The molecule has 212 valence electrons. The minimum Gasteiger partial charge on any atom is -0.474 e. The molecule has 0 fully saturated rings. The second-order valence-electron chi connectivity index (χ2n) is 10.6. The number of fused-ring (bicyclic) bond motifs is 2. The fourth-order valence-corrected chi connectivity index (χ4v) is 4.73. The molecule has 11 heteroatoms. The van der Waals surface area contributed by atoms with E-state index in [0.29, 0.717) is 42.8 Å². The molecule has 0 spiro atoms. The SMILES string of the molecule is CO.Cc1cc(Nc2ncc3c(n2)CN(c2cnc4c(c2C)N(C(=O)OC(C)(C)C)CCO4)CC3)ccc1C=O. The quantitative estimate of drug-likeness (QED) is 0.454. The van der Waals surface area contributed by atoms with Crippen LogP contribution in [0.3, 0.4) is 0 Å². The number of aryl methyl sites for hydroxylation is 1. The van der Waals surface area contributed by atoms with Crippen molar-refractivity contribution in [3.05, 3.63) is 58.5 Å². The van der Waals surface area contributed by atoms with Gasteiger partial charge in [0.2, 0.25) is 11.8 Å². The van der Waals surface area contributed by atoms with Crippen molar-refractivity contribution in [3.8, 4) is 5.88 Å². The second-order valence-corrected chi connectivity index (χ2v) is 10.6. The van der Waals surface area contributed by atoms with Crippen LogP contribution in [0, 0.1) is 13.8 Å². The third kappa shape index (κ3) is 6.15. The molecule has 1 amide bonds. The maximum absolute atomic E-state index is 13.0. The maximum Gasteiger partial charge on any atom is 0.415 e. The smallest absolute Gasteiger partial charge is 0.415 e. The van der Waals surface area contributed by atoms with E-state index >= 15 is 0 Å². The van der Waals surface area contributed by atoms with Gasteiger partial charge in [-0.15, -0.1) is 0 Å². The Morgan fingerprint density at radius 2 is 1.93 bits per heavy atom. The molecular formula is C29H36N6O5. The highest BCUT2D eigenvalue weighted by molar-refractivity contribution is 5.92. The summed E-state index contributed by atoms with van der Waals surface area (Å²) in [7, 11) is 1.00. The Kier molecular flexibility index (Phi) is 8.53. The van der Waals surface area contributed by atoms with Gasteiger partial charge < -0.3 is 24.8 Å². The molecule has 0 unspecified atom stereocenters. The minimum absolute atomic E-state index is 0.360. The van der Waals surface area contributed by atoms with E-state index in [9.17, 15) is 9.59 Å². The lowest BCUT2D eigenvalue weighted by Crippen LogP contribution is -2.42. The van der Waals surface area contributed by atoms with Crippen molar-refractivity contribution in [2.75, 3.05) is 41.9 Å². The molecule has 0 saturated heterocycles. The van der Waals surface area contributed by atoms with Gasteiger partial charge >= 0.3 is 6.09 Å². The number of rotatable bonds is 4. The summed E-state index contributed by atoms with van der Waals surface area (Å²) >= 11 is 0. The lowest BCUT2D eigenvalue weighted by molar-refractivity contribution is 0.0566. The first-order valence-electron chi connectivity index (χ1n) is 13.1. The zero-order valence-corrected chi connectivity index (χ0v) is 23.8. The molecule has 2 N–H and O–H groups in total. The number of amides is 1. The van der Waals surface area contributed by atoms with Crippen LogP contribution < -0.4 is 19.9 Å². The van der Waals surface area contributed by atoms with Crippen LogP contribution in [-0.4, -0.2) is 64.8 Å². The molecule has 0 radical (unpaired) electrons. The number of aldehydes is 1. The summed E-state index contributed by atoms with van der Waals surface area (Å²) in [4.78, 5) is 41.8. The van der Waals surface area contributed by atoms with Crippen molar-refractivity contribution >= 4 is 35.4 Å². The highest BCUT2D eigenvalue weighted by atomic mass is 16.6. The number of nitrogens with one attached hydrogen (secondary N) is 1. The summed E-state index contributed by atoms with van der Waals surface area (Å²) in [5, 5.41) is 10.2. The molecule has 0 saturated carbocycles. The van der Waals surface area contributed by atoms with Crippen LogP contribution in [0.15, 0.2) is 30.6 Å². The first-order chi connectivity index (χ1) is 19.1. The van der Waals surface area contributed by atoms with Crippen LogP contribution in [-0.2, 0) is 17.7 Å². The second kappa shape index (κ2) is 11.9. The number of anilines is 4. The van der Waals surface area contributed by atoms with Gasteiger partial charge in [0.1, 0.15) is 24.2 Å². The largest absolute Gasteiger partial charge is 0.474 e. The highest BCUT2D eigenvalue weighted by Crippen LogP contribution is 2.39. The Balaban J connectivity index is 0.00000181. The van der Waals surface area contributed by atoms with Crippen molar-refractivity contribution in [1.82, 2.24) is 15.0 Å². The van der Waals surface area contributed by atoms with Crippen molar-refractivity contribution in [2.24, 2.45) is 0 Å². The van der Waals surface area contributed by atoms with Crippen molar-refractivity contribution in [2.45, 2.75) is 53.2 Å². The summed E-state index contributed by atoms with van der Waals surface area (Å²) in [6, 6.07) is 5.52. The lowest BCUT2D eigenvalue weighted by Gasteiger charge is -2.35. The molecule has 0 aliphatic carbocycles. The minimum atomic E-state index is -0.605. The number of ether oxygens (including phenoxy) is 2. The Labute approximate surface area is 234 Å². The Hall–Kier alpha value is -4.25. The average Bonchev–Trinajstić information content (AvgIpc) is 2.93. The fourth-order valence-electron chi connectivity index (χ4n) is 4.73. The number of hydrogen-bond donors (Lipinski definition) is 2. The van der Waals surface area contributed by atoms with Crippen molar-refractivity contribution in [3.63, 3.8) is 0 Å². The van der Waals surface area contributed by atoms with Crippen LogP contribution in [0.4, 0.5) is 27.8 Å². The van der Waals surface area contributed by atoms with E-state index < -0.39 is 11.7 Å². The van der Waals surface area contributed by atoms with E-state index in [1.807, 2.05) is 52.9 Å². The molecule has 1 aromatic carbocycles. The third-order valence-corrected chi connectivity index (χ3v) is 6.62. The van der Waals surface area contributed by atoms with E-state index in [1.54, 1.807) is 17.2 Å². The maximum atomic E-state index is 13.0. The number of aliphatic hydroxyl groups excluding tert-OH is 1. The molecular weight excluding hydrogens is 512 g/mol. The standard InChI is InChI=1S/C28H32N6O4.CH4O/c1-17-12-21(7-6-20(17)16-35)31-26-30-13-19-8-9-33(15-22(19)32-26)23-14-29-25-24(18(23)2)34(10-11-37-25)27(36)38-28(3,4)5;1-2/h6-7,12-14,16H,8-11,15H2,1-5H3,(H,30,31,32);2H,1H3. The zero-order chi connectivity index (χ0) is 29.0. The van der Waals surface area contributed by atoms with Gasteiger partial charge in [-0.25, -0.2) is 19.7 Å². The number of aliphatic hydroxyl groups is 1. The van der Waals surface area contributed by atoms with Gasteiger partial charge in [-0.3, -0.25) is 9.69 Å². The van der Waals surface area contributed by atoms with Gasteiger partial charge in [0.15, 0.2) is 0 Å². The summed E-state index contributed by atoms with van der Waals surface area (Å²) in [6.45, 7) is 11.5. The van der Waals surface area contributed by atoms with Crippen LogP contribution in [0.2, 0.25) is 0 Å². The summed E-state index contributed by atoms with van der Waals surface area (Å²) in [5.74, 6) is 0.930. The number of nitrogens with zero attached hydrogens (tertiary/aromatic N) is 5. The predicted molar refractivity (Wildman–Crippen MR) is 153 cm³/mol. The molecule has 3 aromatic rings. The van der Waals surface area contributed by atoms with E-state index in [0.717, 1.165) is 60.1 Å². The monoisotopic (exact) mass is 548 g/mol. The van der Waals surface area contributed by atoms with E-state index in [-0.39, 0.29) is 0 Å². The Morgan fingerprint density at radius 1 is 1.15 bits per heavy atom. The molecule has 2 aliphatic heterocycles. The van der Waals surface area contributed by atoms with Gasteiger partial charge in [0, 0.05) is 36.7 Å². The molecule has 0 atom stereocenters. The van der Waals surface area contributed by atoms with Crippen LogP contribution >= 0.6 is 0 Å². The fraction of sp³-hybridized carbons (Fsp3) is 0.414. The normalized spacial score (nSPS) is 14.2. The van der Waals surface area contributed by atoms with E-state index in [2.05, 4.69) is 20.2 Å². The lowest BCUT2D eigenvalue weighted by atomic mass is 10.0. The number of pyridine rings is 1. The number of carbonyl (C=O) groups excluding carboxylic acids is 2. The molecule has 11 nitrogen and oxygen atoms in total. The Bertz CT molecular complexity index is 1400. The zero-order valence-electron chi connectivity index (χ0n) is 23.8. The Morgan fingerprint density at radius 3 is 2.62 bits per heavy atom. The molecule has 5 rings (SSSR count). The summed E-state index contributed by atoms with van der Waals surface area (Å²) in [5.41, 5.74) is 6.24.